The van der Waals surface area contributed by atoms with E-state index in [1.165, 1.54) is 0 Å². The minimum Gasteiger partial charge on any atom is -0.389 e. The Kier molecular flexibility index (Phi) is 6.94. The number of thiocarbonyl (C=S) groups is 1. The van der Waals surface area contributed by atoms with E-state index in [-0.39, 0.29) is 6.61 Å². The van der Waals surface area contributed by atoms with Crippen LogP contribution in [-0.4, -0.2) is 53.7 Å². The molecule has 0 spiro atoms. The van der Waals surface area contributed by atoms with Gasteiger partial charge in [0.15, 0.2) is 5.82 Å². The van der Waals surface area contributed by atoms with Crippen molar-refractivity contribution in [2.24, 2.45) is 5.73 Å². The zero-order valence-corrected chi connectivity index (χ0v) is 13.9. The Morgan fingerprint density at radius 2 is 2.05 bits per heavy atom. The Bertz CT molecular complexity index is 496. The Balaban J connectivity index is 3.20. The molecule has 0 saturated heterocycles. The largest absolute Gasteiger partial charge is 0.389 e. The summed E-state index contributed by atoms with van der Waals surface area (Å²) in [5.41, 5.74) is 8.59. The summed E-state index contributed by atoms with van der Waals surface area (Å²) in [6, 6.07) is 0. The number of nitrogens with zero attached hydrogens (tertiary/aromatic N) is 3. The highest BCUT2D eigenvalue weighted by Gasteiger charge is 2.20. The number of aliphatic hydroxyl groups excluding tert-OH is 1. The number of hydrogen-bond acceptors (Lipinski definition) is 6. The fraction of sp³-hybridized carbons (Fsp3) is 0.643. The molecule has 0 aliphatic rings. The highest BCUT2D eigenvalue weighted by molar-refractivity contribution is 7.80. The van der Waals surface area contributed by atoms with Gasteiger partial charge in [0, 0.05) is 20.7 Å². The number of rotatable bonds is 8. The van der Waals surface area contributed by atoms with Gasteiger partial charge in [0.1, 0.15) is 4.99 Å². The first kappa shape index (κ1) is 17.7. The van der Waals surface area contributed by atoms with Gasteiger partial charge in [-0.3, -0.25) is 0 Å². The molecule has 0 bridgehead atoms. The monoisotopic (exact) mass is 312 g/mol. The Hall–Kier alpha value is -1.31. The van der Waals surface area contributed by atoms with E-state index in [1.54, 1.807) is 7.11 Å². The molecule has 1 unspecified atom stereocenters. The summed E-state index contributed by atoms with van der Waals surface area (Å²) in [5, 5.41) is 18.4. The number of likely N-dealkylation sites (N-methyl/N-ethyl adjacent to an activating group) is 1. The van der Waals surface area contributed by atoms with Crippen LogP contribution in [-0.2, 0) is 17.6 Å². The molecule has 1 atom stereocenters. The molecular weight excluding hydrogens is 288 g/mol. The van der Waals surface area contributed by atoms with Crippen molar-refractivity contribution in [2.75, 3.05) is 32.2 Å². The van der Waals surface area contributed by atoms with Crippen LogP contribution >= 0.6 is 12.2 Å². The van der Waals surface area contributed by atoms with Gasteiger partial charge in [-0.05, 0) is 18.4 Å². The zero-order valence-electron chi connectivity index (χ0n) is 13.1. The first-order valence-corrected chi connectivity index (χ1v) is 7.43. The normalized spacial score (nSPS) is 12.2. The maximum absolute atomic E-state index is 9.86. The third-order valence-corrected chi connectivity index (χ3v) is 3.48. The number of ether oxygens (including phenoxy) is 1. The molecule has 6 nitrogen and oxygen atoms in total. The molecule has 0 saturated carbocycles. The van der Waals surface area contributed by atoms with E-state index >= 15 is 0 Å². The van der Waals surface area contributed by atoms with Crippen LogP contribution in [0.25, 0.3) is 0 Å². The molecule has 1 heterocycles. The van der Waals surface area contributed by atoms with Crippen molar-refractivity contribution >= 4 is 23.0 Å². The van der Waals surface area contributed by atoms with Crippen molar-refractivity contribution in [3.8, 4) is 0 Å². The molecule has 118 valence electrons. The molecule has 0 aromatic carbocycles. The molecule has 3 N–H and O–H groups in total. The zero-order chi connectivity index (χ0) is 16.0. The number of aryl methyl sites for hydroxylation is 1. The molecule has 0 aliphatic carbocycles. The SMILES string of the molecule is CCc1nnc(N(C)CC(O)COC)c(C(N)=S)c1CC. The number of nitrogens with two attached hydrogens (primary N) is 1. The second-order valence-electron chi connectivity index (χ2n) is 4.88. The van der Waals surface area contributed by atoms with Gasteiger partial charge < -0.3 is 20.5 Å². The van der Waals surface area contributed by atoms with Crippen molar-refractivity contribution in [1.29, 1.82) is 0 Å². The van der Waals surface area contributed by atoms with Gasteiger partial charge in [-0.25, -0.2) is 0 Å². The van der Waals surface area contributed by atoms with Gasteiger partial charge in [0.2, 0.25) is 0 Å². The van der Waals surface area contributed by atoms with E-state index in [9.17, 15) is 5.11 Å². The Morgan fingerprint density at radius 1 is 1.38 bits per heavy atom. The maximum atomic E-state index is 9.86. The van der Waals surface area contributed by atoms with Gasteiger partial charge >= 0.3 is 0 Å². The van der Waals surface area contributed by atoms with Gasteiger partial charge in [-0.2, -0.15) is 5.10 Å². The van der Waals surface area contributed by atoms with Crippen LogP contribution in [0.2, 0.25) is 0 Å². The summed E-state index contributed by atoms with van der Waals surface area (Å²) in [6.07, 6.45) is 0.950. The summed E-state index contributed by atoms with van der Waals surface area (Å²) in [7, 11) is 3.38. The van der Waals surface area contributed by atoms with Gasteiger partial charge in [-0.1, -0.05) is 26.1 Å². The van der Waals surface area contributed by atoms with Crippen LogP contribution in [0.3, 0.4) is 0 Å². The highest BCUT2D eigenvalue weighted by atomic mass is 32.1. The topological polar surface area (TPSA) is 84.5 Å². The summed E-state index contributed by atoms with van der Waals surface area (Å²) in [6.45, 7) is 4.69. The lowest BCUT2D eigenvalue weighted by Crippen LogP contribution is -2.34. The Morgan fingerprint density at radius 3 is 2.52 bits per heavy atom. The van der Waals surface area contributed by atoms with Crippen LogP contribution in [0, 0.1) is 0 Å². The highest BCUT2D eigenvalue weighted by Crippen LogP contribution is 2.23. The smallest absolute Gasteiger partial charge is 0.161 e. The molecule has 0 radical (unpaired) electrons. The maximum Gasteiger partial charge on any atom is 0.161 e. The molecule has 7 heteroatoms. The van der Waals surface area contributed by atoms with Gasteiger partial charge in [0.05, 0.1) is 24.0 Å². The molecule has 0 amide bonds. The van der Waals surface area contributed by atoms with E-state index in [2.05, 4.69) is 10.2 Å². The fourth-order valence-corrected chi connectivity index (χ4v) is 2.55. The molecular formula is C14H24N4O2S. The molecule has 1 rings (SSSR count). The molecule has 1 aromatic heterocycles. The summed E-state index contributed by atoms with van der Waals surface area (Å²) >= 11 is 5.19. The summed E-state index contributed by atoms with van der Waals surface area (Å²) in [4.78, 5) is 2.11. The van der Waals surface area contributed by atoms with E-state index in [1.807, 2.05) is 25.8 Å². The van der Waals surface area contributed by atoms with Crippen molar-refractivity contribution in [2.45, 2.75) is 32.8 Å². The molecule has 1 aromatic rings. The van der Waals surface area contributed by atoms with Crippen LogP contribution < -0.4 is 10.6 Å². The van der Waals surface area contributed by atoms with Crippen molar-refractivity contribution < 1.29 is 9.84 Å². The number of methoxy groups -OCH3 is 1. The summed E-state index contributed by atoms with van der Waals surface area (Å²) < 4.78 is 4.94. The molecule has 0 fully saturated rings. The lowest BCUT2D eigenvalue weighted by molar-refractivity contribution is 0.0694. The van der Waals surface area contributed by atoms with E-state index in [4.69, 9.17) is 22.7 Å². The predicted molar refractivity (Wildman–Crippen MR) is 87.8 cm³/mol. The standard InChI is InChI=1S/C14H24N4O2S/c1-5-10-11(6-2)16-17-14(12(10)13(15)21)18(3)7-9(19)8-20-4/h9,19H,5-8H2,1-4H3,(H2,15,21). The minimum absolute atomic E-state index is 0.258. The average molecular weight is 312 g/mol. The number of aliphatic hydroxyl groups is 1. The quantitative estimate of drug-likeness (QED) is 0.683. The third kappa shape index (κ3) is 4.33. The van der Waals surface area contributed by atoms with Crippen LogP contribution in [0.1, 0.15) is 30.7 Å². The minimum atomic E-state index is -0.614. The van der Waals surface area contributed by atoms with E-state index < -0.39 is 6.10 Å². The van der Waals surface area contributed by atoms with Gasteiger partial charge in [-0.15, -0.1) is 5.10 Å². The predicted octanol–water partition coefficient (Wildman–Crippen LogP) is 0.679. The van der Waals surface area contributed by atoms with Gasteiger partial charge in [0.25, 0.3) is 0 Å². The van der Waals surface area contributed by atoms with Crippen LogP contribution in [0.5, 0.6) is 0 Å². The lowest BCUT2D eigenvalue weighted by Gasteiger charge is -2.24. The molecule has 21 heavy (non-hydrogen) atoms. The van der Waals surface area contributed by atoms with Crippen LogP contribution in [0.15, 0.2) is 0 Å². The van der Waals surface area contributed by atoms with E-state index in [0.717, 1.165) is 29.7 Å². The average Bonchev–Trinajstić information content (AvgIpc) is 2.45. The van der Waals surface area contributed by atoms with Crippen molar-refractivity contribution in [3.63, 3.8) is 0 Å². The first-order chi connectivity index (χ1) is 9.96. The number of hydrogen-bond donors (Lipinski definition) is 2. The second-order valence-corrected chi connectivity index (χ2v) is 5.32. The molecule has 0 aliphatic heterocycles. The van der Waals surface area contributed by atoms with E-state index in [0.29, 0.717) is 17.4 Å². The lowest BCUT2D eigenvalue weighted by atomic mass is 10.0. The third-order valence-electron chi connectivity index (χ3n) is 3.28. The van der Waals surface area contributed by atoms with Crippen molar-refractivity contribution in [1.82, 2.24) is 10.2 Å². The van der Waals surface area contributed by atoms with Crippen molar-refractivity contribution in [3.05, 3.63) is 16.8 Å². The fourth-order valence-electron chi connectivity index (χ4n) is 2.34. The first-order valence-electron chi connectivity index (χ1n) is 7.02. The second kappa shape index (κ2) is 8.21. The number of anilines is 1. The summed E-state index contributed by atoms with van der Waals surface area (Å²) in [5.74, 6) is 0.603. The Labute approximate surface area is 131 Å². The van der Waals surface area contributed by atoms with Crippen LogP contribution in [0.4, 0.5) is 5.82 Å². The number of aromatic nitrogens is 2.